The molecule has 1 amide bonds. The molecule has 0 radical (unpaired) electrons. The molecule has 0 bridgehead atoms. The van der Waals surface area contributed by atoms with Crippen molar-refractivity contribution < 1.29 is 4.79 Å². The number of fused-ring (bicyclic) bond motifs is 1. The number of nitrogens with zero attached hydrogens (tertiary/aromatic N) is 2. The zero-order valence-electron chi connectivity index (χ0n) is 13.6. The van der Waals surface area contributed by atoms with Gasteiger partial charge in [0.05, 0.1) is 21.5 Å². The van der Waals surface area contributed by atoms with Gasteiger partial charge in [-0.05, 0) is 38.1 Å². The van der Waals surface area contributed by atoms with Gasteiger partial charge in [-0.1, -0.05) is 53.2 Å². The number of carbonyl (C=O) groups excluding carboxylic acids is 1. The van der Waals surface area contributed by atoms with Crippen LogP contribution >= 0.6 is 35.0 Å². The molecular weight excluding hydrogens is 377 g/mol. The Morgan fingerprint density at radius 3 is 2.72 bits per heavy atom. The second-order valence-electron chi connectivity index (χ2n) is 5.47. The highest BCUT2D eigenvalue weighted by atomic mass is 35.5. The predicted molar refractivity (Wildman–Crippen MR) is 105 cm³/mol. The van der Waals surface area contributed by atoms with Crippen molar-refractivity contribution in [2.75, 3.05) is 5.32 Å². The molecule has 0 fully saturated rings. The minimum Gasteiger partial charge on any atom is -0.324 e. The summed E-state index contributed by atoms with van der Waals surface area (Å²) in [6.45, 7) is 3.66. The Kier molecular flexibility index (Phi) is 5.47. The molecule has 0 unspecified atom stereocenters. The molecule has 3 aromatic rings. The van der Waals surface area contributed by atoms with Crippen LogP contribution in [0, 0.1) is 6.92 Å². The van der Waals surface area contributed by atoms with Crippen molar-refractivity contribution in [2.24, 2.45) is 0 Å². The number of anilines is 1. The molecule has 0 saturated carbocycles. The zero-order valence-corrected chi connectivity index (χ0v) is 15.9. The second kappa shape index (κ2) is 7.60. The van der Waals surface area contributed by atoms with Crippen molar-refractivity contribution in [3.63, 3.8) is 0 Å². The molecule has 7 heteroatoms. The van der Waals surface area contributed by atoms with Crippen LogP contribution in [0.25, 0.3) is 10.9 Å². The highest BCUT2D eigenvalue weighted by molar-refractivity contribution is 8.00. The van der Waals surface area contributed by atoms with E-state index in [4.69, 9.17) is 23.2 Å². The Balaban J connectivity index is 1.81. The van der Waals surface area contributed by atoms with Crippen LogP contribution in [0.1, 0.15) is 12.7 Å². The highest BCUT2D eigenvalue weighted by Gasteiger charge is 2.18. The quantitative estimate of drug-likeness (QED) is 0.480. The first-order valence-corrected chi connectivity index (χ1v) is 9.23. The van der Waals surface area contributed by atoms with E-state index >= 15 is 0 Å². The molecule has 128 valence electrons. The van der Waals surface area contributed by atoms with E-state index in [2.05, 4.69) is 15.3 Å². The van der Waals surface area contributed by atoms with E-state index in [1.807, 2.05) is 38.1 Å². The van der Waals surface area contributed by atoms with Crippen LogP contribution in [0.3, 0.4) is 0 Å². The summed E-state index contributed by atoms with van der Waals surface area (Å²) in [4.78, 5) is 21.4. The topological polar surface area (TPSA) is 54.9 Å². The van der Waals surface area contributed by atoms with Gasteiger partial charge in [-0.25, -0.2) is 9.97 Å². The molecule has 1 N–H and O–H groups in total. The second-order valence-corrected chi connectivity index (χ2v) is 7.64. The normalized spacial score (nSPS) is 12.2. The van der Waals surface area contributed by atoms with Gasteiger partial charge in [-0.3, -0.25) is 4.79 Å². The standard InChI is InChI=1S/C18H15Cl2N3OS/c1-10(17(24)23-16-9-12(19)7-8-14(16)20)25-18-13-5-3-4-6-15(13)21-11(2)22-18/h3-10H,1-2H3,(H,23,24)/t10-/m1/s1. The number of amides is 1. The summed E-state index contributed by atoms with van der Waals surface area (Å²) >= 11 is 13.4. The number of nitrogens with one attached hydrogen (secondary N) is 1. The Labute approximate surface area is 160 Å². The monoisotopic (exact) mass is 391 g/mol. The third-order valence-electron chi connectivity index (χ3n) is 3.52. The smallest absolute Gasteiger partial charge is 0.237 e. The summed E-state index contributed by atoms with van der Waals surface area (Å²) in [5.41, 5.74) is 1.36. The lowest BCUT2D eigenvalue weighted by Gasteiger charge is -2.14. The number of aryl methyl sites for hydroxylation is 1. The van der Waals surface area contributed by atoms with Gasteiger partial charge in [-0.2, -0.15) is 0 Å². The maximum Gasteiger partial charge on any atom is 0.237 e. The lowest BCUT2D eigenvalue weighted by molar-refractivity contribution is -0.115. The van der Waals surface area contributed by atoms with E-state index in [9.17, 15) is 4.79 Å². The SMILES string of the molecule is Cc1nc(S[C@H](C)C(=O)Nc2cc(Cl)ccc2Cl)c2ccccc2n1. The number of hydrogen-bond acceptors (Lipinski definition) is 4. The number of benzene rings is 2. The van der Waals surface area contributed by atoms with Crippen molar-refractivity contribution in [1.82, 2.24) is 9.97 Å². The van der Waals surface area contributed by atoms with E-state index in [0.29, 0.717) is 21.6 Å². The number of thioether (sulfide) groups is 1. The Morgan fingerprint density at radius 2 is 1.92 bits per heavy atom. The molecule has 3 rings (SSSR count). The number of halogens is 2. The summed E-state index contributed by atoms with van der Waals surface area (Å²) in [5.74, 6) is 0.501. The molecule has 4 nitrogen and oxygen atoms in total. The molecule has 0 aliphatic rings. The van der Waals surface area contributed by atoms with Gasteiger partial charge in [0.2, 0.25) is 5.91 Å². The molecule has 0 aliphatic carbocycles. The predicted octanol–water partition coefficient (Wildman–Crippen LogP) is 5.36. The number of carbonyl (C=O) groups is 1. The van der Waals surface area contributed by atoms with Crippen LogP contribution in [0.5, 0.6) is 0 Å². The number of para-hydroxylation sites is 1. The van der Waals surface area contributed by atoms with Crippen LogP contribution in [0.15, 0.2) is 47.5 Å². The van der Waals surface area contributed by atoms with Crippen molar-refractivity contribution in [3.8, 4) is 0 Å². The third-order valence-corrected chi connectivity index (χ3v) is 5.19. The number of hydrogen-bond donors (Lipinski definition) is 1. The zero-order chi connectivity index (χ0) is 18.0. The van der Waals surface area contributed by atoms with Crippen LogP contribution in [0.2, 0.25) is 10.0 Å². The summed E-state index contributed by atoms with van der Waals surface area (Å²) < 4.78 is 0. The lowest BCUT2D eigenvalue weighted by Crippen LogP contribution is -2.22. The first kappa shape index (κ1) is 18.0. The molecule has 0 aliphatic heterocycles. The Morgan fingerprint density at radius 1 is 1.16 bits per heavy atom. The maximum atomic E-state index is 12.5. The van der Waals surface area contributed by atoms with Crippen LogP contribution in [0.4, 0.5) is 5.69 Å². The maximum absolute atomic E-state index is 12.5. The summed E-state index contributed by atoms with van der Waals surface area (Å²) in [6, 6.07) is 12.7. The highest BCUT2D eigenvalue weighted by Crippen LogP contribution is 2.30. The van der Waals surface area contributed by atoms with E-state index in [0.717, 1.165) is 15.9 Å². The molecule has 1 aromatic heterocycles. The van der Waals surface area contributed by atoms with Gasteiger partial charge >= 0.3 is 0 Å². The largest absolute Gasteiger partial charge is 0.324 e. The molecule has 1 atom stereocenters. The first-order valence-electron chi connectivity index (χ1n) is 7.60. The molecular formula is C18H15Cl2N3OS. The van der Waals surface area contributed by atoms with Gasteiger partial charge in [0.25, 0.3) is 0 Å². The molecule has 2 aromatic carbocycles. The Hall–Kier alpha value is -1.82. The minimum absolute atomic E-state index is 0.172. The average Bonchev–Trinajstić information content (AvgIpc) is 2.58. The van der Waals surface area contributed by atoms with E-state index in [-0.39, 0.29) is 11.2 Å². The van der Waals surface area contributed by atoms with Gasteiger partial charge in [0.1, 0.15) is 10.9 Å². The van der Waals surface area contributed by atoms with Crippen molar-refractivity contribution >= 4 is 57.5 Å². The van der Waals surface area contributed by atoms with Crippen LogP contribution in [-0.2, 0) is 4.79 Å². The molecule has 25 heavy (non-hydrogen) atoms. The van der Waals surface area contributed by atoms with E-state index < -0.39 is 0 Å². The fourth-order valence-corrected chi connectivity index (χ4v) is 3.62. The fourth-order valence-electron chi connectivity index (χ4n) is 2.30. The Bertz CT molecular complexity index is 949. The average molecular weight is 392 g/mol. The van der Waals surface area contributed by atoms with Crippen molar-refractivity contribution in [1.29, 1.82) is 0 Å². The summed E-state index contributed by atoms with van der Waals surface area (Å²) in [5, 5.41) is 5.11. The lowest BCUT2D eigenvalue weighted by atomic mass is 10.2. The number of aromatic nitrogens is 2. The fraction of sp³-hybridized carbons (Fsp3) is 0.167. The van der Waals surface area contributed by atoms with E-state index in [1.165, 1.54) is 11.8 Å². The van der Waals surface area contributed by atoms with E-state index in [1.54, 1.807) is 18.2 Å². The van der Waals surface area contributed by atoms with Gasteiger partial charge in [0, 0.05) is 10.4 Å². The van der Waals surface area contributed by atoms with Gasteiger partial charge in [-0.15, -0.1) is 0 Å². The molecule has 0 spiro atoms. The van der Waals surface area contributed by atoms with Crippen molar-refractivity contribution in [3.05, 3.63) is 58.3 Å². The van der Waals surface area contributed by atoms with Gasteiger partial charge in [0.15, 0.2) is 0 Å². The van der Waals surface area contributed by atoms with Crippen LogP contribution in [-0.4, -0.2) is 21.1 Å². The summed E-state index contributed by atoms with van der Waals surface area (Å²) in [7, 11) is 0. The first-order chi connectivity index (χ1) is 11.9. The number of rotatable bonds is 4. The molecule has 0 saturated heterocycles. The third kappa shape index (κ3) is 4.24. The van der Waals surface area contributed by atoms with Gasteiger partial charge < -0.3 is 5.32 Å². The minimum atomic E-state index is -0.368. The summed E-state index contributed by atoms with van der Waals surface area (Å²) in [6.07, 6.45) is 0. The van der Waals surface area contributed by atoms with Crippen LogP contribution < -0.4 is 5.32 Å². The van der Waals surface area contributed by atoms with Crippen molar-refractivity contribution in [2.45, 2.75) is 24.1 Å². The molecule has 1 heterocycles.